The van der Waals surface area contributed by atoms with E-state index in [9.17, 15) is 21.6 Å². The minimum absolute atomic E-state index is 0.0780. The summed E-state index contributed by atoms with van der Waals surface area (Å²) >= 11 is 0. The Kier molecular flexibility index (Phi) is 5.81. The second kappa shape index (κ2) is 7.82. The number of benzene rings is 2. The number of sulfonamides is 1. The molecule has 2 aromatic rings. The van der Waals surface area contributed by atoms with Crippen LogP contribution in [0.5, 0.6) is 0 Å². The average Bonchev–Trinajstić information content (AvgIpc) is 3.02. The quantitative estimate of drug-likeness (QED) is 0.815. The van der Waals surface area contributed by atoms with Gasteiger partial charge in [0.05, 0.1) is 18.2 Å². The molecule has 2 aromatic carbocycles. The highest BCUT2D eigenvalue weighted by molar-refractivity contribution is 7.90. The molecule has 2 atom stereocenters. The first-order valence-corrected chi connectivity index (χ1v) is 10.2. The van der Waals surface area contributed by atoms with Crippen molar-refractivity contribution in [2.24, 2.45) is 0 Å². The van der Waals surface area contributed by atoms with Gasteiger partial charge in [0.2, 0.25) is 10.0 Å². The van der Waals surface area contributed by atoms with Crippen LogP contribution in [-0.4, -0.2) is 32.4 Å². The number of halogens is 3. The highest BCUT2D eigenvalue weighted by Gasteiger charge is 2.43. The lowest BCUT2D eigenvalue weighted by Gasteiger charge is -2.23. The van der Waals surface area contributed by atoms with Gasteiger partial charge < -0.3 is 0 Å². The van der Waals surface area contributed by atoms with Crippen molar-refractivity contribution < 1.29 is 26.4 Å². The van der Waals surface area contributed by atoms with Gasteiger partial charge in [0.1, 0.15) is 5.25 Å². The normalized spacial score (nSPS) is 21.2. The molecule has 152 valence electrons. The van der Waals surface area contributed by atoms with E-state index in [1.54, 1.807) is 7.05 Å². The van der Waals surface area contributed by atoms with Gasteiger partial charge in [-0.05, 0) is 30.2 Å². The van der Waals surface area contributed by atoms with Crippen LogP contribution in [0, 0.1) is 6.92 Å². The second-order valence-corrected chi connectivity index (χ2v) is 8.78. The summed E-state index contributed by atoms with van der Waals surface area (Å²) in [5, 5.41) is 0.429. The third-order valence-corrected chi connectivity index (χ3v) is 6.46. The number of nitrogens with one attached hydrogen (secondary N) is 1. The van der Waals surface area contributed by atoms with Crippen LogP contribution in [0.3, 0.4) is 0 Å². The fourth-order valence-corrected chi connectivity index (χ4v) is 4.75. The van der Waals surface area contributed by atoms with E-state index in [4.69, 9.17) is 4.84 Å². The fraction of sp³-hybridized carbons (Fsp3) is 0.368. The molecule has 0 spiro atoms. The van der Waals surface area contributed by atoms with E-state index in [0.29, 0.717) is 5.56 Å². The third-order valence-electron chi connectivity index (χ3n) is 4.72. The van der Waals surface area contributed by atoms with Crippen LogP contribution in [0.2, 0.25) is 0 Å². The van der Waals surface area contributed by atoms with E-state index >= 15 is 0 Å². The van der Waals surface area contributed by atoms with Gasteiger partial charge in [0, 0.05) is 13.6 Å². The Labute approximate surface area is 162 Å². The Bertz CT molecular complexity index is 930. The van der Waals surface area contributed by atoms with Gasteiger partial charge in [0.15, 0.2) is 0 Å². The monoisotopic (exact) mass is 414 g/mol. The van der Waals surface area contributed by atoms with Crippen molar-refractivity contribution in [1.82, 2.24) is 9.79 Å². The van der Waals surface area contributed by atoms with Gasteiger partial charge in [-0.3, -0.25) is 4.84 Å². The highest BCUT2D eigenvalue weighted by Crippen LogP contribution is 2.35. The van der Waals surface area contributed by atoms with Crippen molar-refractivity contribution >= 4 is 10.0 Å². The average molecular weight is 414 g/mol. The van der Waals surface area contributed by atoms with E-state index < -0.39 is 33.1 Å². The molecule has 1 N–H and O–H groups in total. The number of alkyl halides is 3. The van der Waals surface area contributed by atoms with E-state index in [1.807, 2.05) is 31.2 Å². The summed E-state index contributed by atoms with van der Waals surface area (Å²) in [7, 11) is -2.21. The van der Waals surface area contributed by atoms with Crippen molar-refractivity contribution in [2.45, 2.75) is 30.9 Å². The topological polar surface area (TPSA) is 58.6 Å². The van der Waals surface area contributed by atoms with Crippen molar-refractivity contribution in [3.05, 3.63) is 70.8 Å². The summed E-state index contributed by atoms with van der Waals surface area (Å²) in [5.74, 6) is 0. The Morgan fingerprint density at radius 1 is 1.18 bits per heavy atom. The molecule has 3 rings (SSSR count). The number of hydrogen-bond donors (Lipinski definition) is 1. The molecule has 0 bridgehead atoms. The second-order valence-electron chi connectivity index (χ2n) is 6.80. The Morgan fingerprint density at radius 3 is 2.46 bits per heavy atom. The Balaban J connectivity index is 1.79. The van der Waals surface area contributed by atoms with E-state index in [2.05, 4.69) is 4.72 Å². The van der Waals surface area contributed by atoms with Crippen LogP contribution >= 0.6 is 0 Å². The number of nitrogens with zero attached hydrogens (tertiary/aromatic N) is 1. The highest BCUT2D eigenvalue weighted by atomic mass is 32.2. The minimum atomic E-state index is -4.45. The van der Waals surface area contributed by atoms with Crippen molar-refractivity contribution in [2.75, 3.05) is 13.7 Å². The molecule has 0 radical (unpaired) electrons. The third kappa shape index (κ3) is 4.54. The summed E-state index contributed by atoms with van der Waals surface area (Å²) < 4.78 is 66.6. The zero-order valence-electron chi connectivity index (χ0n) is 15.4. The van der Waals surface area contributed by atoms with E-state index in [-0.39, 0.29) is 13.2 Å². The van der Waals surface area contributed by atoms with Crippen LogP contribution in [0.1, 0.15) is 28.3 Å². The van der Waals surface area contributed by atoms with Crippen LogP contribution in [0.15, 0.2) is 48.5 Å². The summed E-state index contributed by atoms with van der Waals surface area (Å²) in [5.41, 5.74) is 1.50. The predicted molar refractivity (Wildman–Crippen MR) is 98.6 cm³/mol. The van der Waals surface area contributed by atoms with Crippen molar-refractivity contribution in [3.63, 3.8) is 0 Å². The number of hydrogen-bond acceptors (Lipinski definition) is 4. The number of hydroxylamine groups is 2. The molecule has 1 fully saturated rings. The molecule has 1 aliphatic heterocycles. The largest absolute Gasteiger partial charge is 0.416 e. The Morgan fingerprint density at radius 2 is 1.86 bits per heavy atom. The molecule has 0 aromatic heterocycles. The summed E-state index contributed by atoms with van der Waals surface area (Å²) in [4.78, 5) is 5.38. The molecule has 1 heterocycles. The molecule has 0 amide bonds. The molecule has 1 aliphatic rings. The van der Waals surface area contributed by atoms with Gasteiger partial charge in [-0.2, -0.15) is 18.2 Å². The number of aryl methyl sites for hydroxylation is 1. The van der Waals surface area contributed by atoms with Gasteiger partial charge in [0.25, 0.3) is 0 Å². The lowest BCUT2D eigenvalue weighted by Crippen LogP contribution is -2.39. The van der Waals surface area contributed by atoms with Crippen molar-refractivity contribution in [3.8, 4) is 0 Å². The van der Waals surface area contributed by atoms with Crippen molar-refractivity contribution in [1.29, 1.82) is 0 Å². The predicted octanol–water partition coefficient (Wildman–Crippen LogP) is 3.42. The van der Waals surface area contributed by atoms with Crippen LogP contribution in [0.4, 0.5) is 13.2 Å². The van der Waals surface area contributed by atoms with Gasteiger partial charge in [-0.15, -0.1) is 0 Å². The minimum Gasteiger partial charge on any atom is -0.297 e. The standard InChI is InChI=1S/C19H21F3N2O3S/c1-13-4-3-5-14(10-13)11-23-28(25,26)17-12-27-24(2)18(17)15-6-8-16(9-7-15)19(20,21)22/h3-10,17-18,23H,11-12H2,1-2H3/t17-,18+/m0/s1. The maximum absolute atomic E-state index is 12.8. The first-order valence-electron chi connectivity index (χ1n) is 8.65. The molecular weight excluding hydrogens is 393 g/mol. The molecular formula is C19H21F3N2O3S. The summed E-state index contributed by atoms with van der Waals surface area (Å²) in [6.07, 6.45) is -4.45. The maximum Gasteiger partial charge on any atom is 0.416 e. The van der Waals surface area contributed by atoms with E-state index in [1.165, 1.54) is 17.2 Å². The Hall–Kier alpha value is -1.94. The molecule has 0 saturated carbocycles. The molecule has 5 nitrogen and oxygen atoms in total. The zero-order chi connectivity index (χ0) is 20.5. The molecule has 0 unspecified atom stereocenters. The fourth-order valence-electron chi connectivity index (χ4n) is 3.26. The lowest BCUT2D eigenvalue weighted by atomic mass is 10.0. The first-order chi connectivity index (χ1) is 13.1. The summed E-state index contributed by atoms with van der Waals surface area (Å²) in [6.45, 7) is 1.97. The van der Waals surface area contributed by atoms with Crippen LogP contribution in [-0.2, 0) is 27.6 Å². The molecule has 0 aliphatic carbocycles. The zero-order valence-corrected chi connectivity index (χ0v) is 16.2. The number of rotatable bonds is 5. The summed E-state index contributed by atoms with van der Waals surface area (Å²) in [6, 6.07) is 11.2. The maximum atomic E-state index is 12.8. The smallest absolute Gasteiger partial charge is 0.297 e. The van der Waals surface area contributed by atoms with E-state index in [0.717, 1.165) is 23.3 Å². The van der Waals surface area contributed by atoms with Gasteiger partial charge in [-0.1, -0.05) is 42.0 Å². The van der Waals surface area contributed by atoms with Gasteiger partial charge in [-0.25, -0.2) is 13.1 Å². The van der Waals surface area contributed by atoms with Crippen LogP contribution < -0.4 is 4.72 Å². The SMILES string of the molecule is Cc1cccc(CNS(=O)(=O)[C@H]2CON(C)[C@@H]2c2ccc(C(F)(F)F)cc2)c1. The molecule has 9 heteroatoms. The first kappa shape index (κ1) is 20.8. The van der Waals surface area contributed by atoms with Gasteiger partial charge >= 0.3 is 6.18 Å². The lowest BCUT2D eigenvalue weighted by molar-refractivity contribution is -0.137. The molecule has 28 heavy (non-hydrogen) atoms. The molecule has 1 saturated heterocycles. The van der Waals surface area contributed by atoms with Crippen LogP contribution in [0.25, 0.3) is 0 Å².